The zero-order chi connectivity index (χ0) is 23.4. The van der Waals surface area contributed by atoms with Gasteiger partial charge >= 0.3 is 6.18 Å². The number of carbonyl (C=O) groups excluding carboxylic acids is 2. The van der Waals surface area contributed by atoms with Crippen LogP contribution < -0.4 is 10.8 Å². The lowest BCUT2D eigenvalue weighted by Gasteiger charge is -2.38. The molecule has 8 nitrogen and oxygen atoms in total. The van der Waals surface area contributed by atoms with Gasteiger partial charge in [-0.25, -0.2) is 15.3 Å². The Labute approximate surface area is 189 Å². The topological polar surface area (TPSA) is 92.3 Å². The van der Waals surface area contributed by atoms with Crippen molar-refractivity contribution >= 4 is 17.6 Å². The normalized spacial score (nSPS) is 24.2. The van der Waals surface area contributed by atoms with Crippen LogP contribution in [-0.4, -0.2) is 67.3 Å². The lowest BCUT2D eigenvalue weighted by Crippen LogP contribution is -2.55. The third kappa shape index (κ3) is 5.64. The van der Waals surface area contributed by atoms with Crippen LogP contribution in [0.5, 0.6) is 0 Å². The fourth-order valence-electron chi connectivity index (χ4n) is 4.35. The molecule has 0 aromatic heterocycles. The predicted molar refractivity (Wildman–Crippen MR) is 112 cm³/mol. The Balaban J connectivity index is 1.33. The minimum absolute atomic E-state index is 0.0515. The number of rotatable bonds is 5. The molecule has 1 aliphatic carbocycles. The Bertz CT molecular complexity index is 885. The molecule has 2 heterocycles. The molecule has 0 bridgehead atoms. The number of hydroxylamine groups is 1. The number of ether oxygens (including phenoxy) is 1. The highest BCUT2D eigenvalue weighted by atomic mass is 19.4. The fraction of sp³-hybridized carbons (Fsp3) is 0.591. The van der Waals surface area contributed by atoms with Gasteiger partial charge < -0.3 is 15.0 Å². The quantitative estimate of drug-likeness (QED) is 0.693. The van der Waals surface area contributed by atoms with Crippen molar-refractivity contribution in [2.45, 2.75) is 50.6 Å². The van der Waals surface area contributed by atoms with Crippen LogP contribution in [0.25, 0.3) is 0 Å². The maximum absolute atomic E-state index is 13.0. The summed E-state index contributed by atoms with van der Waals surface area (Å²) in [5.74, 6) is -0.204. The molecule has 1 saturated heterocycles. The van der Waals surface area contributed by atoms with Crippen molar-refractivity contribution in [3.8, 4) is 0 Å². The number of aliphatic imine (C=N–C) groups is 1. The number of amidine groups is 1. The van der Waals surface area contributed by atoms with E-state index in [1.54, 1.807) is 0 Å². The van der Waals surface area contributed by atoms with Gasteiger partial charge in [0.05, 0.1) is 19.3 Å². The molecule has 0 radical (unpaired) electrons. The lowest BCUT2D eigenvalue weighted by atomic mass is 9.88. The van der Waals surface area contributed by atoms with Gasteiger partial charge in [-0.1, -0.05) is 31.4 Å². The first kappa shape index (κ1) is 23.5. The predicted octanol–water partition coefficient (Wildman–Crippen LogP) is 2.39. The number of morpholine rings is 1. The minimum atomic E-state index is -4.61. The summed E-state index contributed by atoms with van der Waals surface area (Å²) >= 11 is 0. The number of nitrogens with one attached hydrogen (secondary N) is 2. The molecular formula is C22H27F3N4O4. The van der Waals surface area contributed by atoms with Crippen molar-refractivity contribution in [1.82, 2.24) is 15.7 Å². The minimum Gasteiger partial charge on any atom is -0.377 e. The van der Waals surface area contributed by atoms with E-state index in [9.17, 15) is 22.8 Å². The molecule has 1 aromatic rings. The lowest BCUT2D eigenvalue weighted by molar-refractivity contribution is -0.220. The third-order valence-electron chi connectivity index (χ3n) is 6.18. The summed E-state index contributed by atoms with van der Waals surface area (Å²) in [6.45, 7) is 1.62. The first-order valence-corrected chi connectivity index (χ1v) is 11.2. The van der Waals surface area contributed by atoms with Crippen LogP contribution in [-0.2, 0) is 14.4 Å². The number of halogens is 3. The van der Waals surface area contributed by atoms with Gasteiger partial charge in [-0.05, 0) is 25.0 Å². The van der Waals surface area contributed by atoms with Gasteiger partial charge in [0.1, 0.15) is 0 Å². The molecule has 2 amide bonds. The molecule has 180 valence electrons. The molecule has 33 heavy (non-hydrogen) atoms. The first-order chi connectivity index (χ1) is 15.8. The number of nitrogens with zero attached hydrogens (tertiary/aromatic N) is 2. The number of hydrogen-bond acceptors (Lipinski definition) is 6. The highest BCUT2D eigenvalue weighted by Crippen LogP contribution is 2.27. The number of carbonyl (C=O) groups is 2. The summed E-state index contributed by atoms with van der Waals surface area (Å²) < 4.78 is 43.6. The van der Waals surface area contributed by atoms with Crippen molar-refractivity contribution in [2.75, 3.05) is 26.3 Å². The maximum Gasteiger partial charge on any atom is 0.437 e. The Morgan fingerprint density at radius 2 is 1.88 bits per heavy atom. The van der Waals surface area contributed by atoms with E-state index in [0.29, 0.717) is 30.9 Å². The van der Waals surface area contributed by atoms with Crippen molar-refractivity contribution < 1.29 is 32.3 Å². The van der Waals surface area contributed by atoms with Crippen LogP contribution >= 0.6 is 0 Å². The standard InChI is InChI=1S/C22H27F3N4O4/c23-22(24,25)21-27-18(28-33-21)14-6-8-15(9-7-14)19(30)26-12-17-13-32-11-10-29(17)20(31)16-4-2-1-3-5-16/h6-9,16-17,21H,1-5,10-13H2,(H,26,30)(H,27,28)/t17-,21?/m0/s1. The third-order valence-corrected chi connectivity index (χ3v) is 6.18. The number of amides is 2. The molecule has 0 spiro atoms. The van der Waals surface area contributed by atoms with Gasteiger partial charge in [0.2, 0.25) is 5.91 Å². The molecule has 2 fully saturated rings. The van der Waals surface area contributed by atoms with E-state index in [1.165, 1.54) is 30.7 Å². The molecular weight excluding hydrogens is 441 g/mol. The molecule has 2 aliphatic heterocycles. The van der Waals surface area contributed by atoms with Crippen LogP contribution in [0.4, 0.5) is 13.2 Å². The number of benzene rings is 1. The summed E-state index contributed by atoms with van der Waals surface area (Å²) in [6, 6.07) is 5.75. The largest absolute Gasteiger partial charge is 0.437 e. The number of hydrogen-bond donors (Lipinski definition) is 2. The second-order valence-electron chi connectivity index (χ2n) is 8.47. The zero-order valence-corrected chi connectivity index (χ0v) is 18.1. The molecule has 2 N–H and O–H groups in total. The van der Waals surface area contributed by atoms with Gasteiger partial charge in [0.25, 0.3) is 12.1 Å². The Morgan fingerprint density at radius 1 is 1.15 bits per heavy atom. The average molecular weight is 468 g/mol. The second-order valence-corrected chi connectivity index (χ2v) is 8.47. The summed E-state index contributed by atoms with van der Waals surface area (Å²) in [5.41, 5.74) is 2.87. The van der Waals surface area contributed by atoms with Crippen LogP contribution in [0.1, 0.15) is 48.0 Å². The van der Waals surface area contributed by atoms with Gasteiger partial charge in [0, 0.05) is 30.1 Å². The van der Waals surface area contributed by atoms with Crippen LogP contribution in [0.3, 0.4) is 0 Å². The van der Waals surface area contributed by atoms with E-state index in [2.05, 4.69) is 20.6 Å². The summed E-state index contributed by atoms with van der Waals surface area (Å²) in [5, 5.41) is 2.84. The van der Waals surface area contributed by atoms with Crippen LogP contribution in [0.15, 0.2) is 29.3 Å². The summed E-state index contributed by atoms with van der Waals surface area (Å²) in [6.07, 6.45) is -1.72. The Hall–Kier alpha value is -2.66. The second kappa shape index (κ2) is 10.1. The van der Waals surface area contributed by atoms with Crippen molar-refractivity contribution in [1.29, 1.82) is 0 Å². The van der Waals surface area contributed by atoms with Crippen LogP contribution in [0, 0.1) is 5.92 Å². The Kier molecular flexibility index (Phi) is 7.18. The maximum atomic E-state index is 13.0. The molecule has 2 atom stereocenters. The average Bonchev–Trinajstić information content (AvgIpc) is 3.34. The summed E-state index contributed by atoms with van der Waals surface area (Å²) in [7, 11) is 0. The molecule has 11 heteroatoms. The first-order valence-electron chi connectivity index (χ1n) is 11.2. The van der Waals surface area contributed by atoms with E-state index in [1.807, 2.05) is 4.90 Å². The van der Waals surface area contributed by atoms with Crippen molar-refractivity contribution in [3.05, 3.63) is 35.4 Å². The summed E-state index contributed by atoms with van der Waals surface area (Å²) in [4.78, 5) is 35.3. The van der Waals surface area contributed by atoms with Gasteiger partial charge in [-0.15, -0.1) is 0 Å². The van der Waals surface area contributed by atoms with Gasteiger partial charge in [-0.2, -0.15) is 13.2 Å². The van der Waals surface area contributed by atoms with E-state index in [0.717, 1.165) is 25.7 Å². The highest BCUT2D eigenvalue weighted by Gasteiger charge is 2.44. The van der Waals surface area contributed by atoms with E-state index in [4.69, 9.17) is 4.74 Å². The fourth-order valence-corrected chi connectivity index (χ4v) is 4.35. The molecule has 3 aliphatic rings. The van der Waals surface area contributed by atoms with Crippen molar-refractivity contribution in [3.63, 3.8) is 0 Å². The van der Waals surface area contributed by atoms with Gasteiger partial charge in [0.15, 0.2) is 5.84 Å². The van der Waals surface area contributed by atoms with Crippen molar-refractivity contribution in [2.24, 2.45) is 10.9 Å². The van der Waals surface area contributed by atoms with E-state index >= 15 is 0 Å². The smallest absolute Gasteiger partial charge is 0.377 e. The molecule has 4 rings (SSSR count). The highest BCUT2D eigenvalue weighted by molar-refractivity contribution is 6.00. The molecule has 1 saturated carbocycles. The van der Waals surface area contributed by atoms with E-state index < -0.39 is 12.4 Å². The van der Waals surface area contributed by atoms with Crippen LogP contribution in [0.2, 0.25) is 0 Å². The SMILES string of the molecule is O=C(NC[C@H]1COCCN1C(=O)C1CCCCC1)c1ccc(C2=NC(C(F)(F)F)ON2)cc1. The zero-order valence-electron chi connectivity index (χ0n) is 18.1. The van der Waals surface area contributed by atoms with Gasteiger partial charge in [-0.3, -0.25) is 9.59 Å². The Morgan fingerprint density at radius 3 is 2.55 bits per heavy atom. The van der Waals surface area contributed by atoms with E-state index in [-0.39, 0.29) is 36.2 Å². The molecule has 1 aromatic carbocycles. The monoisotopic (exact) mass is 468 g/mol. The number of alkyl halides is 3. The molecule has 1 unspecified atom stereocenters.